The summed E-state index contributed by atoms with van der Waals surface area (Å²) in [6, 6.07) is 25.4. The summed E-state index contributed by atoms with van der Waals surface area (Å²) in [6.07, 6.45) is 2.21. The lowest BCUT2D eigenvalue weighted by atomic mass is 10.1. The van der Waals surface area contributed by atoms with Crippen molar-refractivity contribution in [1.82, 2.24) is 9.47 Å². The van der Waals surface area contributed by atoms with Gasteiger partial charge in [-0.05, 0) is 66.5 Å². The van der Waals surface area contributed by atoms with Crippen LogP contribution in [0.3, 0.4) is 0 Å². The van der Waals surface area contributed by atoms with E-state index in [1.165, 1.54) is 33.2 Å². The van der Waals surface area contributed by atoms with Crippen molar-refractivity contribution >= 4 is 33.9 Å². The maximum Gasteiger partial charge on any atom is 0.174 e. The topological polar surface area (TPSA) is 20.2 Å². The summed E-state index contributed by atoms with van der Waals surface area (Å²) < 4.78 is 2.19. The van der Waals surface area contributed by atoms with Gasteiger partial charge in [-0.2, -0.15) is 0 Å². The third-order valence-corrected chi connectivity index (χ3v) is 5.96. The van der Waals surface area contributed by atoms with Gasteiger partial charge in [0, 0.05) is 42.9 Å². The van der Waals surface area contributed by atoms with Crippen LogP contribution in [0.5, 0.6) is 0 Å². The standard InChI is InChI=1S/C26H27N3S/c1-19-13-14-23(15-20(19)2)27-26(30)29(16-21-9-5-4-6-10-21)18-22-17-28(3)25-12-8-7-11-24(22)25/h4-15,17H,16,18H2,1-3H3,(H,27,30). The Labute approximate surface area is 184 Å². The summed E-state index contributed by atoms with van der Waals surface area (Å²) in [5.74, 6) is 0. The molecule has 0 unspecified atom stereocenters. The molecule has 30 heavy (non-hydrogen) atoms. The van der Waals surface area contributed by atoms with Crippen molar-refractivity contribution in [1.29, 1.82) is 0 Å². The monoisotopic (exact) mass is 413 g/mol. The van der Waals surface area contributed by atoms with E-state index in [4.69, 9.17) is 12.2 Å². The second kappa shape index (κ2) is 8.72. The first-order valence-corrected chi connectivity index (χ1v) is 10.6. The van der Waals surface area contributed by atoms with Crippen LogP contribution >= 0.6 is 12.2 Å². The van der Waals surface area contributed by atoms with Crippen molar-refractivity contribution in [3.63, 3.8) is 0 Å². The fourth-order valence-electron chi connectivity index (χ4n) is 3.78. The van der Waals surface area contributed by atoms with Crippen LogP contribution < -0.4 is 5.32 Å². The Kier molecular flexibility index (Phi) is 5.86. The van der Waals surface area contributed by atoms with Crippen LogP contribution in [0.15, 0.2) is 79.0 Å². The number of anilines is 1. The van der Waals surface area contributed by atoms with Crippen LogP contribution in [0.4, 0.5) is 5.69 Å². The van der Waals surface area contributed by atoms with Gasteiger partial charge in [0.1, 0.15) is 0 Å². The van der Waals surface area contributed by atoms with Gasteiger partial charge in [0.25, 0.3) is 0 Å². The Morgan fingerprint density at radius 1 is 0.900 bits per heavy atom. The molecule has 0 aliphatic rings. The number of nitrogens with one attached hydrogen (secondary N) is 1. The Morgan fingerprint density at radius 2 is 1.63 bits per heavy atom. The zero-order valence-electron chi connectivity index (χ0n) is 17.7. The third kappa shape index (κ3) is 4.39. The van der Waals surface area contributed by atoms with Gasteiger partial charge in [-0.3, -0.25) is 0 Å². The maximum atomic E-state index is 5.87. The molecule has 0 radical (unpaired) electrons. The molecule has 1 heterocycles. The van der Waals surface area contributed by atoms with Gasteiger partial charge in [0.2, 0.25) is 0 Å². The number of aromatic nitrogens is 1. The molecule has 4 heteroatoms. The molecule has 0 spiro atoms. The largest absolute Gasteiger partial charge is 0.350 e. The van der Waals surface area contributed by atoms with Crippen molar-refractivity contribution in [2.75, 3.05) is 5.32 Å². The number of para-hydroxylation sites is 1. The third-order valence-electron chi connectivity index (χ3n) is 5.60. The molecule has 0 saturated heterocycles. The van der Waals surface area contributed by atoms with E-state index in [1.807, 2.05) is 6.07 Å². The van der Waals surface area contributed by atoms with Crippen LogP contribution in [0, 0.1) is 13.8 Å². The smallest absolute Gasteiger partial charge is 0.174 e. The minimum Gasteiger partial charge on any atom is -0.350 e. The summed E-state index contributed by atoms with van der Waals surface area (Å²) in [6.45, 7) is 5.74. The molecule has 0 aliphatic heterocycles. The van der Waals surface area contributed by atoms with Crippen LogP contribution in [0.1, 0.15) is 22.3 Å². The highest BCUT2D eigenvalue weighted by Gasteiger charge is 2.15. The molecule has 0 saturated carbocycles. The highest BCUT2D eigenvalue weighted by Crippen LogP contribution is 2.23. The zero-order chi connectivity index (χ0) is 21.1. The van der Waals surface area contributed by atoms with Crippen LogP contribution in [-0.2, 0) is 20.1 Å². The van der Waals surface area contributed by atoms with Gasteiger partial charge in [0.15, 0.2) is 5.11 Å². The summed E-state index contributed by atoms with van der Waals surface area (Å²) in [7, 11) is 2.10. The van der Waals surface area contributed by atoms with E-state index < -0.39 is 0 Å². The maximum absolute atomic E-state index is 5.87. The number of hydrogen-bond donors (Lipinski definition) is 1. The molecule has 1 aromatic heterocycles. The molecule has 0 bridgehead atoms. The lowest BCUT2D eigenvalue weighted by Gasteiger charge is -2.26. The van der Waals surface area contributed by atoms with Gasteiger partial charge < -0.3 is 14.8 Å². The van der Waals surface area contributed by atoms with E-state index >= 15 is 0 Å². The van der Waals surface area contributed by atoms with Crippen LogP contribution in [0.2, 0.25) is 0 Å². The number of nitrogens with zero attached hydrogens (tertiary/aromatic N) is 2. The van der Waals surface area contributed by atoms with E-state index in [0.29, 0.717) is 0 Å². The van der Waals surface area contributed by atoms with Crippen molar-refractivity contribution < 1.29 is 0 Å². The zero-order valence-corrected chi connectivity index (χ0v) is 18.5. The lowest BCUT2D eigenvalue weighted by Crippen LogP contribution is -2.33. The van der Waals surface area contributed by atoms with E-state index in [2.05, 4.69) is 109 Å². The number of rotatable bonds is 5. The van der Waals surface area contributed by atoms with Crippen LogP contribution in [0.25, 0.3) is 10.9 Å². The molecular formula is C26H27N3S. The Morgan fingerprint density at radius 3 is 2.40 bits per heavy atom. The summed E-state index contributed by atoms with van der Waals surface area (Å²) >= 11 is 5.87. The van der Waals surface area contributed by atoms with Gasteiger partial charge in [-0.25, -0.2) is 0 Å². The molecule has 0 aliphatic carbocycles. The van der Waals surface area contributed by atoms with Gasteiger partial charge >= 0.3 is 0 Å². The summed E-state index contributed by atoms with van der Waals surface area (Å²) in [5.41, 5.74) is 7.31. The first-order chi connectivity index (χ1) is 14.5. The Balaban J connectivity index is 1.63. The molecule has 0 fully saturated rings. The molecule has 4 rings (SSSR count). The van der Waals surface area contributed by atoms with E-state index in [-0.39, 0.29) is 0 Å². The fraction of sp³-hybridized carbons (Fsp3) is 0.192. The summed E-state index contributed by atoms with van der Waals surface area (Å²) in [5, 5.41) is 5.46. The average molecular weight is 414 g/mol. The number of thiocarbonyl (C=S) groups is 1. The minimum absolute atomic E-state index is 0.732. The summed E-state index contributed by atoms with van der Waals surface area (Å²) in [4.78, 5) is 2.24. The number of hydrogen-bond acceptors (Lipinski definition) is 1. The highest BCUT2D eigenvalue weighted by atomic mass is 32.1. The van der Waals surface area contributed by atoms with Gasteiger partial charge in [-0.15, -0.1) is 0 Å². The van der Waals surface area contributed by atoms with E-state index in [9.17, 15) is 0 Å². The number of aryl methyl sites for hydroxylation is 3. The average Bonchev–Trinajstić information content (AvgIpc) is 3.07. The van der Waals surface area contributed by atoms with Crippen molar-refractivity contribution in [2.45, 2.75) is 26.9 Å². The number of benzene rings is 3. The molecule has 3 aromatic carbocycles. The first kappa shape index (κ1) is 20.2. The minimum atomic E-state index is 0.732. The molecule has 0 atom stereocenters. The Bertz CT molecular complexity index is 1180. The predicted octanol–water partition coefficient (Wildman–Crippen LogP) is 6.19. The van der Waals surface area contributed by atoms with Gasteiger partial charge in [0.05, 0.1) is 0 Å². The normalized spacial score (nSPS) is 10.9. The molecule has 4 aromatic rings. The van der Waals surface area contributed by atoms with Crippen molar-refractivity contribution in [3.05, 3.63) is 101 Å². The Hall–Kier alpha value is -3.11. The predicted molar refractivity (Wildman–Crippen MR) is 131 cm³/mol. The molecule has 0 amide bonds. The van der Waals surface area contributed by atoms with E-state index in [1.54, 1.807) is 0 Å². The molecule has 3 nitrogen and oxygen atoms in total. The second-order valence-electron chi connectivity index (χ2n) is 7.85. The lowest BCUT2D eigenvalue weighted by molar-refractivity contribution is 0.414. The molecular weight excluding hydrogens is 386 g/mol. The number of fused-ring (bicyclic) bond motifs is 1. The first-order valence-electron chi connectivity index (χ1n) is 10.2. The van der Waals surface area contributed by atoms with Crippen molar-refractivity contribution in [2.24, 2.45) is 7.05 Å². The molecule has 1 N–H and O–H groups in total. The fourth-order valence-corrected chi connectivity index (χ4v) is 4.03. The van der Waals surface area contributed by atoms with E-state index in [0.717, 1.165) is 23.9 Å². The quantitative estimate of drug-likeness (QED) is 0.394. The van der Waals surface area contributed by atoms with Crippen LogP contribution in [-0.4, -0.2) is 14.6 Å². The van der Waals surface area contributed by atoms with Gasteiger partial charge in [-0.1, -0.05) is 54.6 Å². The highest BCUT2D eigenvalue weighted by molar-refractivity contribution is 7.80. The molecule has 152 valence electrons. The second-order valence-corrected chi connectivity index (χ2v) is 8.24. The SMILES string of the molecule is Cc1ccc(NC(=S)N(Cc2ccccc2)Cc2cn(C)c3ccccc23)cc1C. The van der Waals surface area contributed by atoms with Crippen molar-refractivity contribution in [3.8, 4) is 0 Å².